The molecule has 2 heteroatoms. The highest BCUT2D eigenvalue weighted by atomic mass is 16.5. The molecule has 0 aromatic heterocycles. The molecule has 0 rings (SSSR count). The summed E-state index contributed by atoms with van der Waals surface area (Å²) in [6.45, 7) is 8.35. The Morgan fingerprint density at radius 3 is 2.78 bits per heavy atom. The van der Waals surface area contributed by atoms with Crippen LogP contribution in [0.5, 0.6) is 0 Å². The number of ether oxygens (including phenoxy) is 1. The molecule has 0 aliphatic carbocycles. The van der Waals surface area contributed by atoms with Crippen LogP contribution in [-0.2, 0) is 4.74 Å². The van der Waals surface area contributed by atoms with Gasteiger partial charge in [0.1, 0.15) is 0 Å². The first-order valence-electron chi connectivity index (χ1n) is 3.22. The van der Waals surface area contributed by atoms with Crippen LogP contribution in [0.2, 0.25) is 0 Å². The van der Waals surface area contributed by atoms with Crippen molar-refractivity contribution in [2.45, 2.75) is 6.92 Å². The fourth-order valence-electron chi connectivity index (χ4n) is 0.450. The van der Waals surface area contributed by atoms with Gasteiger partial charge in [-0.05, 0) is 13.6 Å². The fraction of sp³-hybridized carbons (Fsp3) is 0.714. The van der Waals surface area contributed by atoms with Crippen molar-refractivity contribution >= 4 is 0 Å². The standard InChI is InChI=1S/C7H15NO/c1-4-8(3)6-7-9-5-2/h5H,2,4,6-7H2,1,3H3. The summed E-state index contributed by atoms with van der Waals surface area (Å²) in [7, 11) is 2.06. The molecule has 0 heterocycles. The largest absolute Gasteiger partial charge is 0.500 e. The van der Waals surface area contributed by atoms with Gasteiger partial charge in [0.05, 0.1) is 12.9 Å². The van der Waals surface area contributed by atoms with E-state index in [4.69, 9.17) is 4.74 Å². The monoisotopic (exact) mass is 129 g/mol. The quantitative estimate of drug-likeness (QED) is 0.407. The summed E-state index contributed by atoms with van der Waals surface area (Å²) in [4.78, 5) is 2.18. The minimum Gasteiger partial charge on any atom is -0.500 e. The van der Waals surface area contributed by atoms with Crippen LogP contribution in [0.3, 0.4) is 0 Å². The van der Waals surface area contributed by atoms with Crippen molar-refractivity contribution in [1.82, 2.24) is 4.90 Å². The Kier molecular flexibility index (Phi) is 5.32. The number of nitrogens with zero attached hydrogens (tertiary/aromatic N) is 1. The first-order valence-corrected chi connectivity index (χ1v) is 3.22. The van der Waals surface area contributed by atoms with Gasteiger partial charge in [0, 0.05) is 6.54 Å². The van der Waals surface area contributed by atoms with E-state index in [1.165, 1.54) is 6.26 Å². The van der Waals surface area contributed by atoms with E-state index in [-0.39, 0.29) is 0 Å². The second-order valence-electron chi connectivity index (χ2n) is 1.93. The lowest BCUT2D eigenvalue weighted by atomic mass is 10.5. The summed E-state index contributed by atoms with van der Waals surface area (Å²) in [6, 6.07) is 0. The maximum absolute atomic E-state index is 4.93. The Morgan fingerprint density at radius 2 is 2.33 bits per heavy atom. The van der Waals surface area contributed by atoms with Gasteiger partial charge in [-0.25, -0.2) is 0 Å². The van der Waals surface area contributed by atoms with E-state index in [1.807, 2.05) is 0 Å². The number of hydrogen-bond donors (Lipinski definition) is 0. The molecule has 9 heavy (non-hydrogen) atoms. The third-order valence-electron chi connectivity index (χ3n) is 1.25. The molecule has 0 amide bonds. The van der Waals surface area contributed by atoms with Crippen LogP contribution < -0.4 is 0 Å². The van der Waals surface area contributed by atoms with Gasteiger partial charge in [0.25, 0.3) is 0 Å². The molecule has 2 nitrogen and oxygen atoms in total. The van der Waals surface area contributed by atoms with Gasteiger partial charge in [0.2, 0.25) is 0 Å². The zero-order valence-electron chi connectivity index (χ0n) is 6.26. The number of likely N-dealkylation sites (N-methyl/N-ethyl adjacent to an activating group) is 1. The molecule has 0 saturated heterocycles. The molecule has 0 aromatic rings. The highest BCUT2D eigenvalue weighted by molar-refractivity contribution is 4.51. The zero-order valence-corrected chi connectivity index (χ0v) is 6.26. The van der Waals surface area contributed by atoms with Gasteiger partial charge in [0.15, 0.2) is 0 Å². The van der Waals surface area contributed by atoms with Crippen LogP contribution in [0.15, 0.2) is 12.8 Å². The second kappa shape index (κ2) is 5.63. The minimum absolute atomic E-state index is 0.744. The maximum Gasteiger partial charge on any atom is 0.0999 e. The summed E-state index contributed by atoms with van der Waals surface area (Å²) >= 11 is 0. The Hall–Kier alpha value is -0.500. The van der Waals surface area contributed by atoms with Crippen LogP contribution in [0.4, 0.5) is 0 Å². The van der Waals surface area contributed by atoms with Crippen LogP contribution in [0.25, 0.3) is 0 Å². The molecule has 0 unspecified atom stereocenters. The molecule has 0 aliphatic rings. The minimum atomic E-state index is 0.744. The van der Waals surface area contributed by atoms with Gasteiger partial charge in [-0.3, -0.25) is 0 Å². The van der Waals surface area contributed by atoms with E-state index in [1.54, 1.807) is 0 Å². The van der Waals surface area contributed by atoms with Gasteiger partial charge in [-0.15, -0.1) is 0 Å². The van der Waals surface area contributed by atoms with Crippen molar-refractivity contribution in [3.8, 4) is 0 Å². The van der Waals surface area contributed by atoms with Crippen LogP contribution in [0, 0.1) is 0 Å². The van der Waals surface area contributed by atoms with Gasteiger partial charge >= 0.3 is 0 Å². The van der Waals surface area contributed by atoms with E-state index in [0.29, 0.717) is 0 Å². The van der Waals surface area contributed by atoms with Crippen LogP contribution in [-0.4, -0.2) is 31.6 Å². The Labute approximate surface area is 57.1 Å². The van der Waals surface area contributed by atoms with E-state index in [0.717, 1.165) is 19.7 Å². The Morgan fingerprint density at radius 1 is 1.67 bits per heavy atom. The van der Waals surface area contributed by atoms with Crippen molar-refractivity contribution in [1.29, 1.82) is 0 Å². The normalized spacial score (nSPS) is 9.67. The summed E-state index contributed by atoms with van der Waals surface area (Å²) in [5, 5.41) is 0. The van der Waals surface area contributed by atoms with Crippen LogP contribution in [0.1, 0.15) is 6.92 Å². The number of rotatable bonds is 5. The molecule has 0 spiro atoms. The lowest BCUT2D eigenvalue weighted by Gasteiger charge is -2.12. The smallest absolute Gasteiger partial charge is 0.0999 e. The topological polar surface area (TPSA) is 12.5 Å². The molecule has 0 radical (unpaired) electrons. The highest BCUT2D eigenvalue weighted by Crippen LogP contribution is 1.81. The highest BCUT2D eigenvalue weighted by Gasteiger charge is 1.90. The Bertz CT molecular complexity index is 73.3. The molecular formula is C7H15NO. The van der Waals surface area contributed by atoms with Crippen molar-refractivity contribution < 1.29 is 4.74 Å². The zero-order chi connectivity index (χ0) is 7.11. The predicted octanol–water partition coefficient (Wildman–Crippen LogP) is 1.10. The molecule has 0 aliphatic heterocycles. The van der Waals surface area contributed by atoms with Crippen molar-refractivity contribution in [3.05, 3.63) is 12.8 Å². The van der Waals surface area contributed by atoms with Crippen molar-refractivity contribution in [2.24, 2.45) is 0 Å². The lowest BCUT2D eigenvalue weighted by molar-refractivity contribution is 0.201. The Balaban J connectivity index is 2.96. The third-order valence-corrected chi connectivity index (χ3v) is 1.25. The molecule has 0 bridgehead atoms. The van der Waals surface area contributed by atoms with E-state index in [2.05, 4.69) is 25.5 Å². The molecular weight excluding hydrogens is 114 g/mol. The van der Waals surface area contributed by atoms with Crippen molar-refractivity contribution in [3.63, 3.8) is 0 Å². The molecule has 0 saturated carbocycles. The lowest BCUT2D eigenvalue weighted by Crippen LogP contribution is -2.21. The predicted molar refractivity (Wildman–Crippen MR) is 39.3 cm³/mol. The molecule has 0 aromatic carbocycles. The van der Waals surface area contributed by atoms with Crippen LogP contribution >= 0.6 is 0 Å². The van der Waals surface area contributed by atoms with E-state index >= 15 is 0 Å². The first kappa shape index (κ1) is 8.50. The van der Waals surface area contributed by atoms with Gasteiger partial charge in [-0.2, -0.15) is 0 Å². The maximum atomic E-state index is 4.93. The average molecular weight is 129 g/mol. The molecule has 0 atom stereocenters. The van der Waals surface area contributed by atoms with E-state index in [9.17, 15) is 0 Å². The summed E-state index contributed by atoms with van der Waals surface area (Å²) < 4.78 is 4.93. The summed E-state index contributed by atoms with van der Waals surface area (Å²) in [5.41, 5.74) is 0. The fourth-order valence-corrected chi connectivity index (χ4v) is 0.450. The summed E-state index contributed by atoms with van der Waals surface area (Å²) in [5.74, 6) is 0. The number of hydrogen-bond acceptors (Lipinski definition) is 2. The SMILES string of the molecule is C=COCCN(C)CC. The average Bonchev–Trinajstić information content (AvgIpc) is 1.89. The summed E-state index contributed by atoms with van der Waals surface area (Å²) in [6.07, 6.45) is 1.48. The van der Waals surface area contributed by atoms with E-state index < -0.39 is 0 Å². The molecule has 54 valence electrons. The third kappa shape index (κ3) is 5.37. The van der Waals surface area contributed by atoms with Gasteiger partial charge in [-0.1, -0.05) is 13.5 Å². The molecule has 0 N–H and O–H groups in total. The molecule has 0 fully saturated rings. The second-order valence-corrected chi connectivity index (χ2v) is 1.93. The van der Waals surface area contributed by atoms with Crippen molar-refractivity contribution in [2.75, 3.05) is 26.7 Å². The van der Waals surface area contributed by atoms with Gasteiger partial charge < -0.3 is 9.64 Å². The first-order chi connectivity index (χ1) is 4.31.